The van der Waals surface area contributed by atoms with E-state index in [-0.39, 0.29) is 0 Å². The Kier molecular flexibility index (Phi) is 8.15. The van der Waals surface area contributed by atoms with Gasteiger partial charge in [-0.2, -0.15) is 0 Å². The Hall–Kier alpha value is -1.83. The fourth-order valence-electron chi connectivity index (χ4n) is 4.29. The van der Waals surface area contributed by atoms with Crippen LogP contribution in [0.5, 0.6) is 5.75 Å². The molecular weight excluding hydrogens is 364 g/mol. The van der Waals surface area contributed by atoms with E-state index in [2.05, 4.69) is 68.7 Å². The van der Waals surface area contributed by atoms with Gasteiger partial charge in [0.15, 0.2) is 5.96 Å². The van der Waals surface area contributed by atoms with Crippen molar-refractivity contribution >= 4 is 5.96 Å². The Morgan fingerprint density at radius 1 is 1.10 bits per heavy atom. The molecule has 0 aromatic heterocycles. The Bertz CT molecular complexity index is 643. The highest BCUT2D eigenvalue weighted by Gasteiger charge is 2.25. The van der Waals surface area contributed by atoms with Crippen molar-refractivity contribution in [3.8, 4) is 5.75 Å². The summed E-state index contributed by atoms with van der Waals surface area (Å²) in [6, 6.07) is 9.33. The lowest BCUT2D eigenvalue weighted by atomic mass is 10.1. The van der Waals surface area contributed by atoms with Crippen LogP contribution in [0.25, 0.3) is 0 Å². The average Bonchev–Trinajstić information content (AvgIpc) is 3.27. The Morgan fingerprint density at radius 2 is 1.83 bits per heavy atom. The van der Waals surface area contributed by atoms with Crippen LogP contribution in [0.3, 0.4) is 0 Å². The Labute approximate surface area is 176 Å². The number of likely N-dealkylation sites (tertiary alicyclic amines) is 1. The molecule has 0 spiro atoms. The summed E-state index contributed by atoms with van der Waals surface area (Å²) in [5, 5.41) is 7.11. The molecule has 0 amide bonds. The largest absolute Gasteiger partial charge is 0.497 e. The number of rotatable bonds is 7. The molecule has 0 bridgehead atoms. The highest BCUT2D eigenvalue weighted by molar-refractivity contribution is 5.79. The van der Waals surface area contributed by atoms with E-state index in [1.165, 1.54) is 18.4 Å². The van der Waals surface area contributed by atoms with Gasteiger partial charge in [0.1, 0.15) is 5.75 Å². The number of nitrogens with zero attached hydrogens (tertiary/aromatic N) is 4. The second-order valence-corrected chi connectivity index (χ2v) is 8.26. The molecule has 7 heteroatoms. The van der Waals surface area contributed by atoms with Gasteiger partial charge < -0.3 is 20.3 Å². The minimum absolute atomic E-state index is 0.338. The van der Waals surface area contributed by atoms with Gasteiger partial charge in [0.25, 0.3) is 0 Å². The van der Waals surface area contributed by atoms with Crippen LogP contribution in [-0.2, 0) is 0 Å². The first-order valence-corrected chi connectivity index (χ1v) is 10.8. The van der Waals surface area contributed by atoms with Crippen molar-refractivity contribution in [1.29, 1.82) is 0 Å². The minimum Gasteiger partial charge on any atom is -0.497 e. The topological polar surface area (TPSA) is 55.4 Å². The smallest absolute Gasteiger partial charge is 0.191 e. The molecule has 162 valence electrons. The van der Waals surface area contributed by atoms with Crippen LogP contribution >= 0.6 is 0 Å². The van der Waals surface area contributed by atoms with E-state index in [1.807, 2.05) is 7.05 Å². The standard InChI is InChI=1S/C22H38N6O/c1-23-22(24-15-19-17-26(2)13-14-27(19)3)25-16-21(28-11-5-6-12-28)18-7-9-20(29-4)10-8-18/h7-10,19,21H,5-6,11-17H2,1-4H3,(H2,23,24,25). The van der Waals surface area contributed by atoms with Crippen LogP contribution in [0.4, 0.5) is 0 Å². The van der Waals surface area contributed by atoms with Crippen molar-refractivity contribution in [3.05, 3.63) is 29.8 Å². The van der Waals surface area contributed by atoms with Crippen molar-refractivity contribution in [2.24, 2.45) is 4.99 Å². The number of benzene rings is 1. The summed E-state index contributed by atoms with van der Waals surface area (Å²) < 4.78 is 5.33. The predicted molar refractivity (Wildman–Crippen MR) is 120 cm³/mol. The monoisotopic (exact) mass is 402 g/mol. The second kappa shape index (κ2) is 10.8. The first-order valence-electron chi connectivity index (χ1n) is 10.8. The van der Waals surface area contributed by atoms with Crippen molar-refractivity contribution in [2.75, 3.05) is 74.1 Å². The zero-order chi connectivity index (χ0) is 20.6. The molecule has 0 saturated carbocycles. The molecule has 2 aliphatic rings. The maximum absolute atomic E-state index is 5.33. The van der Waals surface area contributed by atoms with Gasteiger partial charge in [-0.1, -0.05) is 12.1 Å². The lowest BCUT2D eigenvalue weighted by Crippen LogP contribution is -2.55. The first kappa shape index (κ1) is 21.9. The van der Waals surface area contributed by atoms with Crippen LogP contribution in [0.1, 0.15) is 24.4 Å². The third-order valence-electron chi connectivity index (χ3n) is 6.25. The maximum Gasteiger partial charge on any atom is 0.191 e. The summed E-state index contributed by atoms with van der Waals surface area (Å²) in [5.74, 6) is 1.78. The molecule has 2 atom stereocenters. The Morgan fingerprint density at radius 3 is 2.48 bits per heavy atom. The number of ether oxygens (including phenoxy) is 1. The molecule has 7 nitrogen and oxygen atoms in total. The molecule has 2 aliphatic heterocycles. The molecule has 2 N–H and O–H groups in total. The number of piperazine rings is 1. The number of guanidine groups is 1. The molecule has 1 aromatic rings. The van der Waals surface area contributed by atoms with Gasteiger partial charge in [-0.15, -0.1) is 0 Å². The van der Waals surface area contributed by atoms with E-state index in [4.69, 9.17) is 4.74 Å². The van der Waals surface area contributed by atoms with Crippen molar-refractivity contribution in [2.45, 2.75) is 24.9 Å². The summed E-state index contributed by atoms with van der Waals surface area (Å²) in [6.45, 7) is 7.39. The number of hydrogen-bond acceptors (Lipinski definition) is 5. The molecule has 1 aromatic carbocycles. The van der Waals surface area contributed by atoms with E-state index in [1.54, 1.807) is 7.11 Å². The van der Waals surface area contributed by atoms with E-state index >= 15 is 0 Å². The minimum atomic E-state index is 0.338. The van der Waals surface area contributed by atoms with Gasteiger partial charge in [-0.25, -0.2) is 0 Å². The van der Waals surface area contributed by atoms with E-state index < -0.39 is 0 Å². The van der Waals surface area contributed by atoms with Crippen molar-refractivity contribution < 1.29 is 4.74 Å². The molecule has 3 rings (SSSR count). The zero-order valence-electron chi connectivity index (χ0n) is 18.5. The molecular formula is C22H38N6O. The fourth-order valence-corrected chi connectivity index (χ4v) is 4.29. The van der Waals surface area contributed by atoms with Crippen molar-refractivity contribution in [1.82, 2.24) is 25.3 Å². The molecule has 2 unspecified atom stereocenters. The normalized spacial score (nSPS) is 23.2. The van der Waals surface area contributed by atoms with Crippen molar-refractivity contribution in [3.63, 3.8) is 0 Å². The van der Waals surface area contributed by atoms with Crippen LogP contribution in [0.15, 0.2) is 29.3 Å². The number of likely N-dealkylation sites (N-methyl/N-ethyl adjacent to an activating group) is 2. The van der Waals surface area contributed by atoms with E-state index in [9.17, 15) is 0 Å². The van der Waals surface area contributed by atoms with Crippen LogP contribution in [0.2, 0.25) is 0 Å². The molecule has 29 heavy (non-hydrogen) atoms. The Balaban J connectivity index is 1.58. The number of nitrogens with one attached hydrogen (secondary N) is 2. The maximum atomic E-state index is 5.33. The molecule has 0 aliphatic carbocycles. The van der Waals surface area contributed by atoms with Gasteiger partial charge in [0.05, 0.1) is 13.2 Å². The number of aliphatic imine (C=N–C) groups is 1. The second-order valence-electron chi connectivity index (χ2n) is 8.26. The van der Waals surface area contributed by atoms with Gasteiger partial charge >= 0.3 is 0 Å². The summed E-state index contributed by atoms with van der Waals surface area (Å²) >= 11 is 0. The zero-order valence-corrected chi connectivity index (χ0v) is 18.5. The van der Waals surface area contributed by atoms with Gasteiger partial charge in [0.2, 0.25) is 0 Å². The molecule has 2 heterocycles. The molecule has 0 radical (unpaired) electrons. The quantitative estimate of drug-likeness (QED) is 0.529. The summed E-state index contributed by atoms with van der Waals surface area (Å²) in [5.41, 5.74) is 1.32. The van der Waals surface area contributed by atoms with Crippen LogP contribution in [0, 0.1) is 0 Å². The lowest BCUT2D eigenvalue weighted by molar-refractivity contribution is 0.116. The molecule has 2 saturated heterocycles. The highest BCUT2D eigenvalue weighted by atomic mass is 16.5. The number of methoxy groups -OCH3 is 1. The summed E-state index contributed by atoms with van der Waals surface area (Å²) in [4.78, 5) is 11.9. The van der Waals surface area contributed by atoms with Gasteiger partial charge in [-0.05, 0) is 57.7 Å². The third kappa shape index (κ3) is 6.07. The number of hydrogen-bond donors (Lipinski definition) is 2. The fraction of sp³-hybridized carbons (Fsp3) is 0.682. The first-order chi connectivity index (χ1) is 14.1. The van der Waals surface area contributed by atoms with Crippen LogP contribution < -0.4 is 15.4 Å². The molecule has 2 fully saturated rings. The van der Waals surface area contributed by atoms with E-state index in [0.717, 1.165) is 57.5 Å². The van der Waals surface area contributed by atoms with Crippen LogP contribution in [-0.4, -0.2) is 101 Å². The van der Waals surface area contributed by atoms with Gasteiger partial charge in [0, 0.05) is 45.8 Å². The summed E-state index contributed by atoms with van der Waals surface area (Å²) in [7, 11) is 7.97. The third-order valence-corrected chi connectivity index (χ3v) is 6.25. The highest BCUT2D eigenvalue weighted by Crippen LogP contribution is 2.26. The summed E-state index contributed by atoms with van der Waals surface area (Å²) in [6.07, 6.45) is 2.56. The SMILES string of the molecule is CN=C(NCC1CN(C)CCN1C)NCC(c1ccc(OC)cc1)N1CCCC1. The lowest BCUT2D eigenvalue weighted by Gasteiger charge is -2.38. The van der Waals surface area contributed by atoms with E-state index in [0.29, 0.717) is 12.1 Å². The predicted octanol–water partition coefficient (Wildman–Crippen LogP) is 1.24. The van der Waals surface area contributed by atoms with Gasteiger partial charge in [-0.3, -0.25) is 14.8 Å². The average molecular weight is 403 g/mol.